The number of methoxy groups -OCH3 is 1. The molecule has 6 nitrogen and oxygen atoms in total. The van der Waals surface area contributed by atoms with Gasteiger partial charge in [-0.05, 0) is 0 Å². The number of pyridine rings is 1. The highest BCUT2D eigenvalue weighted by Crippen LogP contribution is 2.26. The molecule has 14 heavy (non-hydrogen) atoms. The summed E-state index contributed by atoms with van der Waals surface area (Å²) in [6.07, 6.45) is 1.12. The summed E-state index contributed by atoms with van der Waals surface area (Å²) >= 11 is 5.57. The summed E-state index contributed by atoms with van der Waals surface area (Å²) in [5.41, 5.74) is -0.634. The lowest BCUT2D eigenvalue weighted by atomic mass is 10.3. The molecule has 0 aliphatic heterocycles. The van der Waals surface area contributed by atoms with E-state index >= 15 is 0 Å². The second-order valence-electron chi connectivity index (χ2n) is 2.24. The number of carbonyl (C=O) groups is 1. The smallest absolute Gasteiger partial charge is 0.358 e. The summed E-state index contributed by atoms with van der Waals surface area (Å²) in [6.45, 7) is 0. The minimum Gasteiger partial charge on any atom is -0.464 e. The molecule has 0 unspecified atom stereocenters. The summed E-state index contributed by atoms with van der Waals surface area (Å²) in [4.78, 5) is 24.3. The van der Waals surface area contributed by atoms with Crippen molar-refractivity contribution in [3.05, 3.63) is 33.1 Å². The normalized spacial score (nSPS) is 9.57. The number of esters is 1. The van der Waals surface area contributed by atoms with Crippen LogP contribution in [-0.2, 0) is 4.74 Å². The van der Waals surface area contributed by atoms with Crippen LogP contribution in [-0.4, -0.2) is 23.0 Å². The molecule has 1 aromatic rings. The average Bonchev–Trinajstić information content (AvgIpc) is 2.16. The van der Waals surface area contributed by atoms with Crippen LogP contribution in [0.4, 0.5) is 5.69 Å². The quantitative estimate of drug-likeness (QED) is 0.424. The van der Waals surface area contributed by atoms with Gasteiger partial charge in [-0.1, -0.05) is 11.6 Å². The summed E-state index contributed by atoms with van der Waals surface area (Å²) < 4.78 is 4.34. The first-order valence-electron chi connectivity index (χ1n) is 3.45. The van der Waals surface area contributed by atoms with Gasteiger partial charge in [0.2, 0.25) is 0 Å². The second-order valence-corrected chi connectivity index (χ2v) is 2.62. The van der Waals surface area contributed by atoms with Crippen molar-refractivity contribution in [3.8, 4) is 0 Å². The minimum absolute atomic E-state index is 0.261. The Hall–Kier alpha value is -1.69. The molecule has 0 saturated heterocycles. The van der Waals surface area contributed by atoms with Gasteiger partial charge in [0.25, 0.3) is 5.69 Å². The monoisotopic (exact) mass is 216 g/mol. The molecule has 1 aromatic heterocycles. The van der Waals surface area contributed by atoms with Crippen LogP contribution in [0.25, 0.3) is 0 Å². The molecule has 0 radical (unpaired) electrons. The van der Waals surface area contributed by atoms with E-state index in [0.29, 0.717) is 0 Å². The number of ether oxygens (including phenoxy) is 1. The van der Waals surface area contributed by atoms with E-state index in [0.717, 1.165) is 19.4 Å². The molecule has 7 heteroatoms. The maximum atomic E-state index is 11.0. The lowest BCUT2D eigenvalue weighted by Gasteiger charge is -2.00. The Kier molecular flexibility index (Phi) is 2.98. The third-order valence-electron chi connectivity index (χ3n) is 1.44. The maximum absolute atomic E-state index is 11.0. The molecule has 0 aromatic carbocycles. The first kappa shape index (κ1) is 10.4. The number of carbonyl (C=O) groups excluding carboxylic acids is 1. The van der Waals surface area contributed by atoms with Crippen molar-refractivity contribution in [1.82, 2.24) is 4.98 Å². The van der Waals surface area contributed by atoms with Gasteiger partial charge in [0.1, 0.15) is 0 Å². The lowest BCUT2D eigenvalue weighted by molar-refractivity contribution is -0.384. The number of aromatic nitrogens is 1. The Morgan fingerprint density at radius 3 is 2.86 bits per heavy atom. The number of halogens is 1. The van der Waals surface area contributed by atoms with E-state index in [2.05, 4.69) is 9.72 Å². The van der Waals surface area contributed by atoms with E-state index in [1.165, 1.54) is 0 Å². The molecule has 0 spiro atoms. The van der Waals surface area contributed by atoms with Gasteiger partial charge >= 0.3 is 5.97 Å². The zero-order valence-electron chi connectivity index (χ0n) is 7.06. The average molecular weight is 217 g/mol. The molecule has 0 aliphatic carbocycles. The van der Waals surface area contributed by atoms with Crippen LogP contribution >= 0.6 is 11.6 Å². The molecule has 0 aliphatic rings. The van der Waals surface area contributed by atoms with Gasteiger partial charge < -0.3 is 4.74 Å². The number of nitro groups is 1. The highest BCUT2D eigenvalue weighted by Gasteiger charge is 2.21. The Morgan fingerprint density at radius 2 is 2.36 bits per heavy atom. The van der Waals surface area contributed by atoms with Gasteiger partial charge in [0.05, 0.1) is 12.0 Å². The standard InChI is InChI=1S/C7H5ClN2O4/c1-14-7(11)6-5(8)4(10(12)13)2-3-9-6/h2-3H,1H3. The van der Waals surface area contributed by atoms with Gasteiger partial charge in [0, 0.05) is 12.3 Å². The van der Waals surface area contributed by atoms with E-state index in [-0.39, 0.29) is 16.4 Å². The molecule has 74 valence electrons. The third kappa shape index (κ3) is 1.80. The van der Waals surface area contributed by atoms with Gasteiger partial charge in [0.15, 0.2) is 10.7 Å². The lowest BCUT2D eigenvalue weighted by Crippen LogP contribution is -2.06. The van der Waals surface area contributed by atoms with E-state index in [1.807, 2.05) is 0 Å². The summed E-state index contributed by atoms with van der Waals surface area (Å²) in [6, 6.07) is 1.11. The Labute approximate surface area is 83.6 Å². The van der Waals surface area contributed by atoms with Crippen LogP contribution in [0.2, 0.25) is 5.02 Å². The number of nitrogens with zero attached hydrogens (tertiary/aromatic N) is 2. The molecule has 0 atom stereocenters. The highest BCUT2D eigenvalue weighted by molar-refractivity contribution is 6.35. The molecule has 0 N–H and O–H groups in total. The Morgan fingerprint density at radius 1 is 1.71 bits per heavy atom. The molecule has 1 heterocycles. The predicted molar refractivity (Wildman–Crippen MR) is 47.2 cm³/mol. The maximum Gasteiger partial charge on any atom is 0.358 e. The number of hydrogen-bond acceptors (Lipinski definition) is 5. The van der Waals surface area contributed by atoms with Gasteiger partial charge in [-0.3, -0.25) is 10.1 Å². The zero-order valence-corrected chi connectivity index (χ0v) is 7.82. The van der Waals surface area contributed by atoms with Gasteiger partial charge in [-0.2, -0.15) is 0 Å². The topological polar surface area (TPSA) is 82.3 Å². The first-order chi connectivity index (χ1) is 6.57. The van der Waals surface area contributed by atoms with Gasteiger partial charge in [-0.25, -0.2) is 9.78 Å². The SMILES string of the molecule is COC(=O)c1nccc([N+](=O)[O-])c1Cl. The van der Waals surface area contributed by atoms with Crippen molar-refractivity contribution < 1.29 is 14.5 Å². The van der Waals surface area contributed by atoms with Crippen molar-refractivity contribution in [3.63, 3.8) is 0 Å². The largest absolute Gasteiger partial charge is 0.464 e. The van der Waals surface area contributed by atoms with E-state index in [1.54, 1.807) is 0 Å². The molecular formula is C7H5ClN2O4. The van der Waals surface area contributed by atoms with E-state index < -0.39 is 10.9 Å². The van der Waals surface area contributed by atoms with Crippen LogP contribution in [0.15, 0.2) is 12.3 Å². The Balaban J connectivity index is 3.27. The number of rotatable bonds is 2. The fourth-order valence-corrected chi connectivity index (χ4v) is 1.07. The van der Waals surface area contributed by atoms with E-state index in [9.17, 15) is 14.9 Å². The molecule has 0 bridgehead atoms. The van der Waals surface area contributed by atoms with E-state index in [4.69, 9.17) is 11.6 Å². The van der Waals surface area contributed by atoms with Crippen molar-refractivity contribution in [2.24, 2.45) is 0 Å². The molecule has 0 fully saturated rings. The second kappa shape index (κ2) is 4.01. The zero-order chi connectivity index (χ0) is 10.7. The van der Waals surface area contributed by atoms with Crippen LogP contribution in [0.3, 0.4) is 0 Å². The van der Waals surface area contributed by atoms with Crippen molar-refractivity contribution in [1.29, 1.82) is 0 Å². The van der Waals surface area contributed by atoms with Crippen molar-refractivity contribution >= 4 is 23.3 Å². The first-order valence-corrected chi connectivity index (χ1v) is 3.83. The molecule has 0 amide bonds. The van der Waals surface area contributed by atoms with Crippen LogP contribution in [0, 0.1) is 10.1 Å². The summed E-state index contributed by atoms with van der Waals surface area (Å²) in [5, 5.41) is 10.1. The molecule has 1 rings (SSSR count). The van der Waals surface area contributed by atoms with Crippen molar-refractivity contribution in [2.75, 3.05) is 7.11 Å². The van der Waals surface area contributed by atoms with Crippen LogP contribution < -0.4 is 0 Å². The van der Waals surface area contributed by atoms with Crippen molar-refractivity contribution in [2.45, 2.75) is 0 Å². The third-order valence-corrected chi connectivity index (χ3v) is 1.82. The fourth-order valence-electron chi connectivity index (χ4n) is 0.814. The van der Waals surface area contributed by atoms with Crippen LogP contribution in [0.5, 0.6) is 0 Å². The minimum atomic E-state index is -0.807. The molecular weight excluding hydrogens is 212 g/mol. The number of hydrogen-bond donors (Lipinski definition) is 0. The summed E-state index contributed by atoms with van der Waals surface area (Å²) in [5.74, 6) is -0.807. The molecule has 0 saturated carbocycles. The van der Waals surface area contributed by atoms with Crippen LogP contribution in [0.1, 0.15) is 10.5 Å². The fraction of sp³-hybridized carbons (Fsp3) is 0.143. The van der Waals surface area contributed by atoms with Gasteiger partial charge in [-0.15, -0.1) is 0 Å². The predicted octanol–water partition coefficient (Wildman–Crippen LogP) is 1.43. The Bertz CT molecular complexity index is 393. The highest BCUT2D eigenvalue weighted by atomic mass is 35.5. The summed E-state index contributed by atoms with van der Waals surface area (Å²) in [7, 11) is 1.14.